The van der Waals surface area contributed by atoms with Gasteiger partial charge in [-0.3, -0.25) is 0 Å². The van der Waals surface area contributed by atoms with Gasteiger partial charge in [-0.2, -0.15) is 13.2 Å². The lowest BCUT2D eigenvalue weighted by atomic mass is 10.1. The Kier molecular flexibility index (Phi) is 4.92. The third-order valence-electron chi connectivity index (χ3n) is 2.16. The maximum Gasteiger partial charge on any atom is 0.573 e. The molecule has 0 saturated carbocycles. The summed E-state index contributed by atoms with van der Waals surface area (Å²) in [6.07, 6.45) is -10.1. The summed E-state index contributed by atoms with van der Waals surface area (Å²) in [7, 11) is 0.783. The summed E-state index contributed by atoms with van der Waals surface area (Å²) in [5.41, 5.74) is -3.63. The van der Waals surface area contributed by atoms with E-state index in [0.29, 0.717) is 0 Å². The summed E-state index contributed by atoms with van der Waals surface area (Å²) in [5.74, 6) is -3.60. The van der Waals surface area contributed by atoms with Gasteiger partial charge in [0, 0.05) is 5.56 Å². The Morgan fingerprint density at radius 2 is 1.86 bits per heavy atom. The van der Waals surface area contributed by atoms with E-state index in [9.17, 15) is 31.1 Å². The van der Waals surface area contributed by atoms with Crippen molar-refractivity contribution in [1.82, 2.24) is 4.98 Å². The Hall–Kier alpha value is -1.71. The average Bonchev–Trinajstić information content (AvgIpc) is 2.33. The maximum absolute atomic E-state index is 12.7. The van der Waals surface area contributed by atoms with Crippen molar-refractivity contribution in [2.45, 2.75) is 18.4 Å². The highest BCUT2D eigenvalue weighted by atomic mass is 35.5. The van der Waals surface area contributed by atoms with Crippen molar-refractivity contribution < 1.29 is 40.6 Å². The number of ether oxygens (including phenoxy) is 2. The number of nitrogens with zero attached hydrogens (tertiary/aromatic N) is 1. The molecule has 1 heterocycles. The molecule has 0 radical (unpaired) electrons. The second-order valence-corrected chi connectivity index (χ2v) is 3.76. The molecule has 0 unspecified atom stereocenters. The van der Waals surface area contributed by atoms with Gasteiger partial charge in [-0.05, 0) is 0 Å². The first-order valence-corrected chi connectivity index (χ1v) is 5.53. The number of pyridine rings is 1. The Bertz CT molecular complexity index is 543. The van der Waals surface area contributed by atoms with Crippen LogP contribution in [0.25, 0.3) is 0 Å². The summed E-state index contributed by atoms with van der Waals surface area (Å²) < 4.78 is 82.4. The molecule has 1 aromatic rings. The normalized spacial score (nSPS) is 12.2. The molecule has 1 rings (SSSR count). The van der Waals surface area contributed by atoms with Gasteiger partial charge in [-0.15, -0.1) is 24.8 Å². The topological polar surface area (TPSA) is 48.4 Å². The fraction of sp³-hybridized carbons (Fsp3) is 0.400. The summed E-state index contributed by atoms with van der Waals surface area (Å²) >= 11 is 5.30. The van der Waals surface area contributed by atoms with Gasteiger partial charge >= 0.3 is 18.5 Å². The van der Waals surface area contributed by atoms with Crippen LogP contribution in [0.1, 0.15) is 21.6 Å². The monoisotopic (exact) mass is 337 g/mol. The molecule has 1 aromatic heterocycles. The number of hydrogen-bond acceptors (Lipinski definition) is 4. The van der Waals surface area contributed by atoms with Crippen molar-refractivity contribution in [3.8, 4) is 5.75 Å². The molecule has 0 aromatic carbocycles. The van der Waals surface area contributed by atoms with Crippen molar-refractivity contribution in [3.05, 3.63) is 23.0 Å². The van der Waals surface area contributed by atoms with Crippen LogP contribution in [-0.4, -0.2) is 24.4 Å². The summed E-state index contributed by atoms with van der Waals surface area (Å²) in [6.45, 7) is 0. The zero-order valence-electron chi connectivity index (χ0n) is 10.1. The Morgan fingerprint density at radius 1 is 1.29 bits per heavy atom. The molecule has 0 atom stereocenters. The zero-order valence-corrected chi connectivity index (χ0v) is 10.9. The molecule has 11 heteroatoms. The van der Waals surface area contributed by atoms with Crippen LogP contribution >= 0.6 is 11.6 Å². The molecule has 0 bridgehead atoms. The molecule has 0 spiro atoms. The van der Waals surface area contributed by atoms with Gasteiger partial charge in [-0.25, -0.2) is 9.78 Å². The minimum absolute atomic E-state index is 0.138. The van der Waals surface area contributed by atoms with E-state index in [2.05, 4.69) is 14.5 Å². The SMILES string of the molecule is COC(=O)c1c(OC(F)(F)F)cnc(C(F)(F)F)c1CCl. The minimum Gasteiger partial charge on any atom is -0.465 e. The largest absolute Gasteiger partial charge is 0.573 e. The van der Waals surface area contributed by atoms with Gasteiger partial charge in [-0.1, -0.05) is 0 Å². The second kappa shape index (κ2) is 5.96. The lowest BCUT2D eigenvalue weighted by molar-refractivity contribution is -0.274. The molecule has 21 heavy (non-hydrogen) atoms. The van der Waals surface area contributed by atoms with Crippen molar-refractivity contribution in [3.63, 3.8) is 0 Å². The third-order valence-corrected chi connectivity index (χ3v) is 2.43. The average molecular weight is 338 g/mol. The first kappa shape index (κ1) is 17.3. The molecule has 0 aliphatic carbocycles. The number of carbonyl (C=O) groups is 1. The number of hydrogen-bond donors (Lipinski definition) is 0. The van der Waals surface area contributed by atoms with Crippen LogP contribution in [0.4, 0.5) is 26.3 Å². The van der Waals surface area contributed by atoms with Crippen molar-refractivity contribution in [2.24, 2.45) is 0 Å². The van der Waals surface area contributed by atoms with Gasteiger partial charge < -0.3 is 9.47 Å². The number of rotatable bonds is 3. The van der Waals surface area contributed by atoms with Crippen molar-refractivity contribution in [2.75, 3.05) is 7.11 Å². The third kappa shape index (κ3) is 4.13. The standard InChI is InChI=1S/C10H6ClF6NO3/c1-20-8(19)6-4(2-11)7(9(12,13)14)18-3-5(6)21-10(15,16)17/h3H,2H2,1H3. The highest BCUT2D eigenvalue weighted by Gasteiger charge is 2.40. The lowest BCUT2D eigenvalue weighted by Gasteiger charge is -2.17. The van der Waals surface area contributed by atoms with E-state index < -0.39 is 47.0 Å². The van der Waals surface area contributed by atoms with E-state index in [1.54, 1.807) is 0 Å². The van der Waals surface area contributed by atoms with E-state index in [0.717, 1.165) is 7.11 Å². The maximum atomic E-state index is 12.7. The smallest absolute Gasteiger partial charge is 0.465 e. The van der Waals surface area contributed by atoms with E-state index in [1.807, 2.05) is 0 Å². The first-order chi connectivity index (χ1) is 9.51. The fourth-order valence-corrected chi connectivity index (χ4v) is 1.70. The van der Waals surface area contributed by atoms with Crippen molar-refractivity contribution in [1.29, 1.82) is 0 Å². The van der Waals surface area contributed by atoms with Crippen LogP contribution in [0.15, 0.2) is 6.20 Å². The Balaban J connectivity index is 3.58. The summed E-state index contributed by atoms with van der Waals surface area (Å²) in [6, 6.07) is 0. The predicted molar refractivity (Wildman–Crippen MR) is 56.8 cm³/mol. The van der Waals surface area contributed by atoms with Crippen molar-refractivity contribution >= 4 is 17.6 Å². The van der Waals surface area contributed by atoms with E-state index in [4.69, 9.17) is 11.6 Å². The molecular weight excluding hydrogens is 332 g/mol. The highest BCUT2D eigenvalue weighted by Crippen LogP contribution is 2.37. The highest BCUT2D eigenvalue weighted by molar-refractivity contribution is 6.18. The number of halogens is 7. The van der Waals surface area contributed by atoms with Crippen LogP contribution in [0, 0.1) is 0 Å². The summed E-state index contributed by atoms with van der Waals surface area (Å²) in [4.78, 5) is 14.3. The van der Waals surface area contributed by atoms with Gasteiger partial charge in [0.05, 0.1) is 19.2 Å². The van der Waals surface area contributed by atoms with Gasteiger partial charge in [0.15, 0.2) is 5.75 Å². The van der Waals surface area contributed by atoms with Gasteiger partial charge in [0.2, 0.25) is 0 Å². The molecule has 0 aliphatic rings. The molecule has 0 fully saturated rings. The van der Waals surface area contributed by atoms with Crippen LogP contribution in [-0.2, 0) is 16.8 Å². The number of carbonyl (C=O) groups excluding carboxylic acids is 1. The number of aromatic nitrogens is 1. The Labute approximate surface area is 118 Å². The lowest BCUT2D eigenvalue weighted by Crippen LogP contribution is -2.22. The van der Waals surface area contributed by atoms with Crippen LogP contribution in [0.5, 0.6) is 5.75 Å². The van der Waals surface area contributed by atoms with Crippen LogP contribution < -0.4 is 4.74 Å². The van der Waals surface area contributed by atoms with Crippen LogP contribution in [0.3, 0.4) is 0 Å². The molecular formula is C10H6ClF6NO3. The summed E-state index contributed by atoms with van der Waals surface area (Å²) in [5, 5.41) is 0. The number of alkyl halides is 7. The second-order valence-electron chi connectivity index (χ2n) is 3.50. The number of esters is 1. The molecule has 0 amide bonds. The quantitative estimate of drug-likeness (QED) is 0.481. The minimum atomic E-state index is -5.23. The van der Waals surface area contributed by atoms with E-state index >= 15 is 0 Å². The van der Waals surface area contributed by atoms with Gasteiger partial charge in [0.1, 0.15) is 11.3 Å². The van der Waals surface area contributed by atoms with Gasteiger partial charge in [0.25, 0.3) is 0 Å². The molecule has 0 saturated heterocycles. The first-order valence-electron chi connectivity index (χ1n) is 5.00. The molecule has 0 aliphatic heterocycles. The zero-order chi connectivity index (χ0) is 16.4. The molecule has 4 nitrogen and oxygen atoms in total. The number of methoxy groups -OCH3 is 1. The van der Waals surface area contributed by atoms with E-state index in [-0.39, 0.29) is 6.20 Å². The Morgan fingerprint density at radius 3 is 2.24 bits per heavy atom. The predicted octanol–water partition coefficient (Wildman–Crippen LogP) is 3.52. The van der Waals surface area contributed by atoms with Crippen LogP contribution in [0.2, 0.25) is 0 Å². The van der Waals surface area contributed by atoms with E-state index in [1.165, 1.54) is 0 Å². The molecule has 0 N–H and O–H groups in total. The fourth-order valence-electron chi connectivity index (χ4n) is 1.44. The molecule has 118 valence electrons.